The Hall–Kier alpha value is -4.55. The number of amides is 3. The van der Waals surface area contributed by atoms with Crippen LogP contribution in [0.1, 0.15) is 76.5 Å². The van der Waals surface area contributed by atoms with Gasteiger partial charge in [0.25, 0.3) is 5.91 Å². The summed E-state index contributed by atoms with van der Waals surface area (Å²) in [7, 11) is -0.904. The van der Waals surface area contributed by atoms with E-state index in [1.165, 1.54) is 16.3 Å². The van der Waals surface area contributed by atoms with E-state index in [1.54, 1.807) is 7.11 Å². The van der Waals surface area contributed by atoms with Gasteiger partial charge in [-0.1, -0.05) is 84.9 Å². The maximum Gasteiger partial charge on any atom is 0.264 e. The summed E-state index contributed by atoms with van der Waals surface area (Å²) in [6.07, 6.45) is 8.01. The Morgan fingerprint density at radius 2 is 1.80 bits per heavy atom. The van der Waals surface area contributed by atoms with Crippen molar-refractivity contribution in [2.75, 3.05) is 43.6 Å². The first-order chi connectivity index (χ1) is 28.8. The van der Waals surface area contributed by atoms with Crippen molar-refractivity contribution in [3.8, 4) is 5.75 Å². The van der Waals surface area contributed by atoms with Crippen molar-refractivity contribution in [1.29, 1.82) is 0 Å². The van der Waals surface area contributed by atoms with E-state index >= 15 is 4.79 Å². The van der Waals surface area contributed by atoms with Crippen LogP contribution in [0.15, 0.2) is 90.0 Å². The first-order valence-electron chi connectivity index (χ1n) is 21.8. The lowest BCUT2D eigenvalue weighted by molar-refractivity contribution is -0.150. The molecule has 3 amide bonds. The van der Waals surface area contributed by atoms with Crippen molar-refractivity contribution in [1.82, 2.24) is 10.2 Å². The molecule has 0 radical (unpaired) electrons. The highest BCUT2D eigenvalue weighted by molar-refractivity contribution is 6.91. The molecule has 320 valence electrons. The van der Waals surface area contributed by atoms with E-state index in [2.05, 4.69) is 87.8 Å². The molecular formula is C49H64N4O6Si. The van der Waals surface area contributed by atoms with E-state index in [1.807, 2.05) is 52.3 Å². The van der Waals surface area contributed by atoms with Crippen molar-refractivity contribution in [3.05, 3.63) is 107 Å². The lowest BCUT2D eigenvalue weighted by atomic mass is 9.82. The lowest BCUT2D eigenvalue weighted by Crippen LogP contribution is -2.52. The molecule has 7 rings (SSSR count). The van der Waals surface area contributed by atoms with Crippen LogP contribution in [0, 0.1) is 11.8 Å². The normalized spacial score (nSPS) is 25.2. The molecule has 0 bridgehead atoms. The van der Waals surface area contributed by atoms with Crippen LogP contribution in [-0.2, 0) is 37.7 Å². The topological polar surface area (TPSA) is 120 Å². The highest BCUT2D eigenvalue weighted by Gasteiger charge is 2.66. The number of methoxy groups -OCH3 is 1. The van der Waals surface area contributed by atoms with E-state index in [0.29, 0.717) is 31.7 Å². The van der Waals surface area contributed by atoms with Gasteiger partial charge in [-0.25, -0.2) is 0 Å². The molecule has 3 aromatic rings. The molecule has 0 aromatic heterocycles. The van der Waals surface area contributed by atoms with Crippen LogP contribution in [-0.4, -0.2) is 81.3 Å². The average Bonchev–Trinajstić information content (AvgIpc) is 3.67. The summed E-state index contributed by atoms with van der Waals surface area (Å²) in [6, 6.07) is 21.8. The van der Waals surface area contributed by atoms with Gasteiger partial charge in [-0.15, -0.1) is 0 Å². The number of benzene rings is 3. The number of piperidine rings is 1. The molecule has 1 spiro atoms. The molecule has 60 heavy (non-hydrogen) atoms. The Labute approximate surface area is 357 Å². The number of aliphatic hydroxyl groups excluding tert-OH is 1. The standard InChI is InChI=1S/C49H64N4O6Si/c1-32(2)12-10-13-33(3)23-25-52-43-22-17-38(51-47(56)36-16-11-24-50-29-36)27-42(43)49(48(52)57)34(4)46(60(6,7)41-20-18-40(58-5)19-21-41)44(59-49)28-45(55)53-30-37-15-9-8-14-35(37)26-39(53)31-54/h8-9,12,14-15,17-23,27,34,36,39,44,46,50,54H,10-11,13,16,24-26,28-31H2,1-7H3,(H,51,56)/b33-23+/t34-,36?,39+,44+,46-,49+/m1/s1. The largest absolute Gasteiger partial charge is 0.497 e. The maximum absolute atomic E-state index is 15.5. The highest BCUT2D eigenvalue weighted by Crippen LogP contribution is 2.60. The van der Waals surface area contributed by atoms with Crippen molar-refractivity contribution < 1.29 is 29.0 Å². The molecule has 1 unspecified atom stereocenters. The summed E-state index contributed by atoms with van der Waals surface area (Å²) in [5.74, 6) is 0.0210. The first kappa shape index (κ1) is 43.5. The minimum absolute atomic E-state index is 0.0383. The van der Waals surface area contributed by atoms with Crippen LogP contribution in [0.25, 0.3) is 0 Å². The van der Waals surface area contributed by atoms with Gasteiger partial charge in [0.2, 0.25) is 11.8 Å². The van der Waals surface area contributed by atoms with Gasteiger partial charge in [0.15, 0.2) is 5.60 Å². The smallest absolute Gasteiger partial charge is 0.264 e. The minimum atomic E-state index is -2.56. The van der Waals surface area contributed by atoms with Gasteiger partial charge in [0, 0.05) is 36.8 Å². The van der Waals surface area contributed by atoms with E-state index in [-0.39, 0.29) is 54.2 Å². The Kier molecular flexibility index (Phi) is 13.2. The van der Waals surface area contributed by atoms with Gasteiger partial charge >= 0.3 is 0 Å². The Balaban J connectivity index is 1.29. The van der Waals surface area contributed by atoms with Gasteiger partial charge in [-0.05, 0) is 106 Å². The number of aliphatic hydroxyl groups is 1. The van der Waals surface area contributed by atoms with E-state index in [9.17, 15) is 14.7 Å². The van der Waals surface area contributed by atoms with Crippen LogP contribution < -0.4 is 25.5 Å². The second-order valence-corrected chi connectivity index (χ2v) is 22.9. The second kappa shape index (κ2) is 18.2. The molecule has 4 aliphatic rings. The second-order valence-electron chi connectivity index (χ2n) is 18.2. The number of allylic oxidation sites excluding steroid dienone is 3. The zero-order valence-corrected chi connectivity index (χ0v) is 37.6. The number of nitrogens with zero attached hydrogens (tertiary/aromatic N) is 2. The maximum atomic E-state index is 15.5. The first-order valence-corrected chi connectivity index (χ1v) is 24.9. The summed E-state index contributed by atoms with van der Waals surface area (Å²) < 4.78 is 12.9. The predicted octanol–water partition coefficient (Wildman–Crippen LogP) is 7.22. The number of anilines is 2. The fraction of sp³-hybridized carbons (Fsp3) is 0.490. The third-order valence-electron chi connectivity index (χ3n) is 13.7. The molecule has 11 heteroatoms. The molecule has 6 atom stereocenters. The molecule has 3 N–H and O–H groups in total. The summed E-state index contributed by atoms with van der Waals surface area (Å²) in [4.78, 5) is 47.5. The molecule has 0 aliphatic carbocycles. The van der Waals surface area contributed by atoms with Gasteiger partial charge in [0.05, 0.1) is 52.0 Å². The monoisotopic (exact) mass is 832 g/mol. The van der Waals surface area contributed by atoms with Crippen LogP contribution >= 0.6 is 0 Å². The number of hydrogen-bond donors (Lipinski definition) is 3. The number of rotatable bonds is 13. The fourth-order valence-electron chi connectivity index (χ4n) is 10.4. The third kappa shape index (κ3) is 8.51. The summed E-state index contributed by atoms with van der Waals surface area (Å²) >= 11 is 0. The molecule has 4 heterocycles. The number of ether oxygens (including phenoxy) is 2. The van der Waals surface area contributed by atoms with Crippen LogP contribution in [0.3, 0.4) is 0 Å². The summed E-state index contributed by atoms with van der Waals surface area (Å²) in [5.41, 5.74) is 5.27. The fourth-order valence-corrected chi connectivity index (χ4v) is 14.4. The van der Waals surface area contributed by atoms with Crippen LogP contribution in [0.2, 0.25) is 18.6 Å². The Morgan fingerprint density at radius 1 is 1.05 bits per heavy atom. The third-order valence-corrected chi connectivity index (χ3v) is 18.1. The molecule has 3 aromatic carbocycles. The van der Waals surface area contributed by atoms with Crippen molar-refractivity contribution >= 4 is 42.4 Å². The molecule has 10 nitrogen and oxygen atoms in total. The molecule has 4 aliphatic heterocycles. The van der Waals surface area contributed by atoms with Gasteiger partial charge in [-0.2, -0.15) is 0 Å². The van der Waals surface area contributed by atoms with Crippen molar-refractivity contribution in [2.45, 2.75) is 109 Å². The number of carbonyl (C=O) groups excluding carboxylic acids is 3. The van der Waals surface area contributed by atoms with Gasteiger partial charge < -0.3 is 35.0 Å². The number of hydrogen-bond acceptors (Lipinski definition) is 7. The average molecular weight is 833 g/mol. The highest BCUT2D eigenvalue weighted by atomic mass is 28.3. The van der Waals surface area contributed by atoms with Crippen LogP contribution in [0.4, 0.5) is 11.4 Å². The summed E-state index contributed by atoms with van der Waals surface area (Å²) in [6.45, 7) is 15.3. The quantitative estimate of drug-likeness (QED) is 0.123. The zero-order chi connectivity index (χ0) is 42.8. The van der Waals surface area contributed by atoms with E-state index < -0.39 is 19.8 Å². The number of carbonyl (C=O) groups is 3. The molecular weight excluding hydrogens is 769 g/mol. The molecule has 2 saturated heterocycles. The number of fused-ring (bicyclic) bond motifs is 3. The Morgan fingerprint density at radius 3 is 2.48 bits per heavy atom. The SMILES string of the molecule is COc1ccc([Si](C)(C)[C@H]2[C@H](CC(=O)N3Cc4ccccc4C[C@H]3CO)O[C@@]3(C(=O)N(C/C=C(\C)CCC=C(C)C)c4ccc(NC(=O)C5CCCNC5)cc43)[C@@H]2C)cc1. The summed E-state index contributed by atoms with van der Waals surface area (Å²) in [5, 5.41) is 18.3. The minimum Gasteiger partial charge on any atom is -0.497 e. The number of nitrogens with one attached hydrogen (secondary N) is 2. The van der Waals surface area contributed by atoms with Crippen LogP contribution in [0.5, 0.6) is 5.75 Å². The van der Waals surface area contributed by atoms with Gasteiger partial charge in [0.1, 0.15) is 5.75 Å². The van der Waals surface area contributed by atoms with Gasteiger partial charge in [-0.3, -0.25) is 14.4 Å². The lowest BCUT2D eigenvalue weighted by Gasteiger charge is -2.39. The van der Waals surface area contributed by atoms with E-state index in [4.69, 9.17) is 9.47 Å². The molecule has 2 fully saturated rings. The van der Waals surface area contributed by atoms with E-state index in [0.717, 1.165) is 60.4 Å². The predicted molar refractivity (Wildman–Crippen MR) is 241 cm³/mol. The van der Waals surface area contributed by atoms with Crippen molar-refractivity contribution in [3.63, 3.8) is 0 Å². The zero-order valence-electron chi connectivity index (χ0n) is 36.6. The Bertz CT molecular complexity index is 2120. The molecule has 0 saturated carbocycles. The van der Waals surface area contributed by atoms with Crippen molar-refractivity contribution in [2.24, 2.45) is 11.8 Å².